The summed E-state index contributed by atoms with van der Waals surface area (Å²) in [5.41, 5.74) is 1.12. The van der Waals surface area contributed by atoms with Gasteiger partial charge < -0.3 is 10.4 Å². The van der Waals surface area contributed by atoms with E-state index in [4.69, 9.17) is 5.11 Å². The van der Waals surface area contributed by atoms with Gasteiger partial charge in [-0.15, -0.1) is 0 Å². The summed E-state index contributed by atoms with van der Waals surface area (Å²) in [7, 11) is 0. The monoisotopic (exact) mass is 225 g/mol. The van der Waals surface area contributed by atoms with Gasteiger partial charge in [-0.2, -0.15) is 5.10 Å². The maximum atomic E-state index is 11.7. The second-order valence-electron chi connectivity index (χ2n) is 3.59. The molecule has 1 atom stereocenters. The number of nitrogens with zero attached hydrogens (tertiary/aromatic N) is 1. The molecule has 88 valence electrons. The van der Waals surface area contributed by atoms with Gasteiger partial charge >= 0.3 is 5.97 Å². The predicted octanol–water partition coefficient (Wildman–Crippen LogP) is 0.701. The van der Waals surface area contributed by atoms with Crippen LogP contribution in [0, 0.1) is 6.92 Å². The molecule has 0 aliphatic rings. The van der Waals surface area contributed by atoms with Crippen LogP contribution in [0.25, 0.3) is 0 Å². The minimum absolute atomic E-state index is 0.0703. The van der Waals surface area contributed by atoms with Crippen LogP contribution in [0.3, 0.4) is 0 Å². The summed E-state index contributed by atoms with van der Waals surface area (Å²) in [5.74, 6) is -1.21. The SMILES string of the molecule is CCC(CC(=O)O)NC(=O)c1cn[nH]c1C. The molecule has 0 fully saturated rings. The molecule has 0 aliphatic heterocycles. The Morgan fingerprint density at radius 1 is 1.62 bits per heavy atom. The van der Waals surface area contributed by atoms with Crippen molar-refractivity contribution in [3.63, 3.8) is 0 Å². The Hall–Kier alpha value is -1.85. The molecule has 1 aromatic rings. The van der Waals surface area contributed by atoms with Gasteiger partial charge in [0.05, 0.1) is 18.2 Å². The molecule has 6 nitrogen and oxygen atoms in total. The first-order chi connectivity index (χ1) is 7.54. The summed E-state index contributed by atoms with van der Waals surface area (Å²) >= 11 is 0. The molecule has 0 spiro atoms. The van der Waals surface area contributed by atoms with Gasteiger partial charge in [0.1, 0.15) is 0 Å². The van der Waals surface area contributed by atoms with E-state index in [9.17, 15) is 9.59 Å². The van der Waals surface area contributed by atoms with Gasteiger partial charge in [0, 0.05) is 11.7 Å². The third-order valence-corrected chi connectivity index (χ3v) is 2.32. The summed E-state index contributed by atoms with van der Waals surface area (Å²) in [6, 6.07) is -0.348. The van der Waals surface area contributed by atoms with E-state index in [2.05, 4.69) is 15.5 Å². The Morgan fingerprint density at radius 3 is 2.75 bits per heavy atom. The molecule has 0 aromatic carbocycles. The van der Waals surface area contributed by atoms with Gasteiger partial charge in [0.15, 0.2) is 0 Å². The van der Waals surface area contributed by atoms with Crippen LogP contribution < -0.4 is 5.32 Å². The molecule has 0 saturated heterocycles. The standard InChI is InChI=1S/C10H15N3O3/c1-3-7(4-9(14)15)12-10(16)8-5-11-13-6(8)2/h5,7H,3-4H2,1-2H3,(H,11,13)(H,12,16)(H,14,15). The van der Waals surface area contributed by atoms with Crippen molar-refractivity contribution in [3.8, 4) is 0 Å². The lowest BCUT2D eigenvalue weighted by Crippen LogP contribution is -2.36. The highest BCUT2D eigenvalue weighted by Crippen LogP contribution is 2.05. The number of amides is 1. The lowest BCUT2D eigenvalue weighted by atomic mass is 10.1. The second-order valence-corrected chi connectivity index (χ2v) is 3.59. The lowest BCUT2D eigenvalue weighted by molar-refractivity contribution is -0.137. The van der Waals surface area contributed by atoms with Crippen LogP contribution in [0.4, 0.5) is 0 Å². The van der Waals surface area contributed by atoms with Crippen molar-refractivity contribution in [2.75, 3.05) is 0 Å². The molecule has 0 bridgehead atoms. The van der Waals surface area contributed by atoms with Crippen LogP contribution in [-0.4, -0.2) is 33.2 Å². The molecule has 3 N–H and O–H groups in total. The molecule has 6 heteroatoms. The van der Waals surface area contributed by atoms with E-state index in [0.29, 0.717) is 17.7 Å². The van der Waals surface area contributed by atoms with E-state index < -0.39 is 5.97 Å². The zero-order valence-corrected chi connectivity index (χ0v) is 9.28. The topological polar surface area (TPSA) is 95.1 Å². The average molecular weight is 225 g/mol. The first kappa shape index (κ1) is 12.2. The van der Waals surface area contributed by atoms with E-state index in [-0.39, 0.29) is 18.4 Å². The lowest BCUT2D eigenvalue weighted by Gasteiger charge is -2.14. The van der Waals surface area contributed by atoms with Crippen LogP contribution in [0.15, 0.2) is 6.20 Å². The van der Waals surface area contributed by atoms with Crippen molar-refractivity contribution in [1.29, 1.82) is 0 Å². The Morgan fingerprint density at radius 2 is 2.31 bits per heavy atom. The molecule has 1 unspecified atom stereocenters. The summed E-state index contributed by atoms with van der Waals surface area (Å²) in [6.45, 7) is 3.57. The first-order valence-corrected chi connectivity index (χ1v) is 5.07. The van der Waals surface area contributed by atoms with E-state index in [1.54, 1.807) is 6.92 Å². The minimum atomic E-state index is -0.920. The minimum Gasteiger partial charge on any atom is -0.481 e. The molecule has 0 saturated carbocycles. The van der Waals surface area contributed by atoms with Crippen molar-refractivity contribution >= 4 is 11.9 Å². The zero-order valence-electron chi connectivity index (χ0n) is 9.28. The molecule has 1 amide bonds. The molecule has 1 aromatic heterocycles. The number of carboxylic acids is 1. The fourth-order valence-corrected chi connectivity index (χ4v) is 1.35. The number of nitrogens with one attached hydrogen (secondary N) is 2. The van der Waals surface area contributed by atoms with Gasteiger partial charge in [0.2, 0.25) is 0 Å². The van der Waals surface area contributed by atoms with Crippen LogP contribution in [-0.2, 0) is 4.79 Å². The van der Waals surface area contributed by atoms with E-state index >= 15 is 0 Å². The molecule has 0 radical (unpaired) electrons. The molecule has 1 heterocycles. The summed E-state index contributed by atoms with van der Waals surface area (Å²) in [4.78, 5) is 22.2. The number of aliphatic carboxylic acids is 1. The number of aromatic amines is 1. The molecule has 0 aliphatic carbocycles. The quantitative estimate of drug-likeness (QED) is 0.687. The number of carboxylic acid groups (broad SMARTS) is 1. The summed E-state index contributed by atoms with van der Waals surface area (Å²) < 4.78 is 0. The average Bonchev–Trinajstić information content (AvgIpc) is 2.62. The fourth-order valence-electron chi connectivity index (χ4n) is 1.35. The van der Waals surface area contributed by atoms with Gasteiger partial charge in [0.25, 0.3) is 5.91 Å². The van der Waals surface area contributed by atoms with Crippen LogP contribution in [0.5, 0.6) is 0 Å². The molecule has 16 heavy (non-hydrogen) atoms. The Balaban J connectivity index is 2.62. The van der Waals surface area contributed by atoms with Crippen molar-refractivity contribution in [1.82, 2.24) is 15.5 Å². The molecule has 1 rings (SSSR count). The third kappa shape index (κ3) is 3.08. The number of hydrogen-bond donors (Lipinski definition) is 3. The maximum Gasteiger partial charge on any atom is 0.305 e. The Bertz CT molecular complexity index is 386. The van der Waals surface area contributed by atoms with Crippen molar-refractivity contribution < 1.29 is 14.7 Å². The number of carbonyl (C=O) groups is 2. The summed E-state index contributed by atoms with van der Waals surface area (Å²) in [6.07, 6.45) is 1.94. The molecular weight excluding hydrogens is 210 g/mol. The van der Waals surface area contributed by atoms with Crippen molar-refractivity contribution in [2.45, 2.75) is 32.7 Å². The second kappa shape index (κ2) is 5.29. The highest BCUT2D eigenvalue weighted by atomic mass is 16.4. The van der Waals surface area contributed by atoms with Crippen molar-refractivity contribution in [2.24, 2.45) is 0 Å². The van der Waals surface area contributed by atoms with Gasteiger partial charge in [-0.05, 0) is 13.3 Å². The number of aromatic nitrogens is 2. The molecular formula is C10H15N3O3. The van der Waals surface area contributed by atoms with E-state index in [1.165, 1.54) is 6.20 Å². The number of aryl methyl sites for hydroxylation is 1. The fraction of sp³-hybridized carbons (Fsp3) is 0.500. The third-order valence-electron chi connectivity index (χ3n) is 2.32. The van der Waals surface area contributed by atoms with Crippen LogP contribution in [0.1, 0.15) is 35.8 Å². The van der Waals surface area contributed by atoms with Gasteiger partial charge in [-0.25, -0.2) is 0 Å². The number of hydrogen-bond acceptors (Lipinski definition) is 3. The van der Waals surface area contributed by atoms with Gasteiger partial charge in [-0.3, -0.25) is 14.7 Å². The van der Waals surface area contributed by atoms with E-state index in [1.807, 2.05) is 6.92 Å². The first-order valence-electron chi connectivity index (χ1n) is 5.07. The van der Waals surface area contributed by atoms with Crippen LogP contribution >= 0.6 is 0 Å². The number of carbonyl (C=O) groups excluding carboxylic acids is 1. The highest BCUT2D eigenvalue weighted by molar-refractivity contribution is 5.95. The predicted molar refractivity (Wildman–Crippen MR) is 57.1 cm³/mol. The highest BCUT2D eigenvalue weighted by Gasteiger charge is 2.17. The van der Waals surface area contributed by atoms with Crippen LogP contribution in [0.2, 0.25) is 0 Å². The normalized spacial score (nSPS) is 12.1. The van der Waals surface area contributed by atoms with Crippen molar-refractivity contribution in [3.05, 3.63) is 17.5 Å². The number of H-pyrrole nitrogens is 1. The zero-order chi connectivity index (χ0) is 12.1. The smallest absolute Gasteiger partial charge is 0.305 e. The Kier molecular flexibility index (Phi) is 4.04. The van der Waals surface area contributed by atoms with E-state index in [0.717, 1.165) is 0 Å². The van der Waals surface area contributed by atoms with Gasteiger partial charge in [-0.1, -0.05) is 6.92 Å². The summed E-state index contributed by atoms with van der Waals surface area (Å²) in [5, 5.41) is 17.7. The Labute approximate surface area is 93.1 Å². The number of rotatable bonds is 5. The maximum absolute atomic E-state index is 11.7. The largest absolute Gasteiger partial charge is 0.481 e.